The summed E-state index contributed by atoms with van der Waals surface area (Å²) in [6.07, 6.45) is 2.88. The third-order valence-corrected chi connectivity index (χ3v) is 5.04. The number of nitrogens with zero attached hydrogens (tertiary/aromatic N) is 4. The Bertz CT molecular complexity index is 645. The van der Waals surface area contributed by atoms with Crippen molar-refractivity contribution in [3.05, 3.63) is 47.0 Å². The first kappa shape index (κ1) is 15.8. The monoisotopic (exact) mass is 329 g/mol. The molecule has 1 fully saturated rings. The molecule has 1 aromatic heterocycles. The number of piperazine rings is 1. The van der Waals surface area contributed by atoms with Gasteiger partial charge in [-0.3, -0.25) is 0 Å². The van der Waals surface area contributed by atoms with E-state index >= 15 is 0 Å². The first-order valence-electron chi connectivity index (χ1n) is 8.04. The second-order valence-electron chi connectivity index (χ2n) is 5.59. The third-order valence-electron chi connectivity index (χ3n) is 4.20. The molecule has 1 saturated heterocycles. The predicted molar refractivity (Wildman–Crippen MR) is 97.0 cm³/mol. The maximum absolute atomic E-state index is 6.20. The number of nitrogens with two attached hydrogens (primary N) is 1. The minimum Gasteiger partial charge on any atom is -0.370 e. The predicted octanol–water partition coefficient (Wildman–Crippen LogP) is 2.34. The van der Waals surface area contributed by atoms with Crippen LogP contribution in [-0.4, -0.2) is 42.0 Å². The number of guanidine groups is 1. The van der Waals surface area contributed by atoms with E-state index in [0.717, 1.165) is 37.7 Å². The Morgan fingerprint density at radius 1 is 1.22 bits per heavy atom. The van der Waals surface area contributed by atoms with Crippen LogP contribution in [-0.2, 0) is 13.0 Å². The summed E-state index contributed by atoms with van der Waals surface area (Å²) in [5.74, 6) is 0.648. The number of thiazole rings is 1. The van der Waals surface area contributed by atoms with Gasteiger partial charge in [0.1, 0.15) is 0 Å². The lowest BCUT2D eigenvalue weighted by molar-refractivity contribution is 0.380. The lowest BCUT2D eigenvalue weighted by atomic mass is 10.1. The van der Waals surface area contributed by atoms with Gasteiger partial charge in [-0.15, -0.1) is 11.3 Å². The van der Waals surface area contributed by atoms with Gasteiger partial charge in [0.25, 0.3) is 0 Å². The van der Waals surface area contributed by atoms with Crippen molar-refractivity contribution in [2.75, 3.05) is 31.1 Å². The number of hydrogen-bond acceptors (Lipinski definition) is 4. The third kappa shape index (κ3) is 3.82. The van der Waals surface area contributed by atoms with Crippen LogP contribution in [0.1, 0.15) is 18.1 Å². The Labute approximate surface area is 141 Å². The topological polar surface area (TPSA) is 57.8 Å². The van der Waals surface area contributed by atoms with Crippen LogP contribution in [0.3, 0.4) is 0 Å². The fourth-order valence-corrected chi connectivity index (χ4v) is 3.52. The average molecular weight is 329 g/mol. The van der Waals surface area contributed by atoms with E-state index in [4.69, 9.17) is 5.73 Å². The van der Waals surface area contributed by atoms with Crippen LogP contribution >= 0.6 is 11.3 Å². The van der Waals surface area contributed by atoms with Crippen molar-refractivity contribution in [1.29, 1.82) is 0 Å². The number of benzene rings is 1. The number of aryl methyl sites for hydroxylation is 1. The minimum atomic E-state index is 0.648. The molecule has 2 heterocycles. The largest absolute Gasteiger partial charge is 0.370 e. The number of aliphatic imine (C=N–C) groups is 1. The standard InChI is InChI=1S/C17H23N5S/c1-2-14-5-3-4-6-15(14)13-20-16(18)21-8-10-22(11-9-21)17-19-7-12-23-17/h3-7,12H,2,8-11,13H2,1H3,(H2,18,20). The van der Waals surface area contributed by atoms with Gasteiger partial charge in [-0.25, -0.2) is 9.98 Å². The molecule has 6 heteroatoms. The molecule has 2 aromatic rings. The highest BCUT2D eigenvalue weighted by Crippen LogP contribution is 2.19. The number of hydrogen-bond donors (Lipinski definition) is 1. The van der Waals surface area contributed by atoms with Crippen LogP contribution in [0.25, 0.3) is 0 Å². The summed E-state index contributed by atoms with van der Waals surface area (Å²) in [6, 6.07) is 8.43. The lowest BCUT2D eigenvalue weighted by Gasteiger charge is -2.35. The number of aromatic nitrogens is 1. The lowest BCUT2D eigenvalue weighted by Crippen LogP contribution is -2.51. The first-order chi connectivity index (χ1) is 11.3. The van der Waals surface area contributed by atoms with Crippen LogP contribution in [0.4, 0.5) is 5.13 Å². The molecule has 1 aromatic carbocycles. The summed E-state index contributed by atoms with van der Waals surface area (Å²) in [7, 11) is 0. The van der Waals surface area contributed by atoms with E-state index in [0.29, 0.717) is 12.5 Å². The Hall–Kier alpha value is -2.08. The summed E-state index contributed by atoms with van der Waals surface area (Å²) in [6.45, 7) is 6.49. The van der Waals surface area contributed by atoms with Crippen molar-refractivity contribution in [1.82, 2.24) is 9.88 Å². The van der Waals surface area contributed by atoms with E-state index in [1.165, 1.54) is 11.1 Å². The van der Waals surface area contributed by atoms with Crippen LogP contribution < -0.4 is 10.6 Å². The van der Waals surface area contributed by atoms with Crippen LogP contribution in [0.15, 0.2) is 40.8 Å². The highest BCUT2D eigenvalue weighted by molar-refractivity contribution is 7.13. The number of rotatable bonds is 4. The van der Waals surface area contributed by atoms with Crippen molar-refractivity contribution in [2.45, 2.75) is 19.9 Å². The van der Waals surface area contributed by atoms with Gasteiger partial charge in [-0.2, -0.15) is 0 Å². The molecule has 0 amide bonds. The van der Waals surface area contributed by atoms with Crippen molar-refractivity contribution in [3.8, 4) is 0 Å². The SMILES string of the molecule is CCc1ccccc1CN=C(N)N1CCN(c2nccs2)CC1. The van der Waals surface area contributed by atoms with E-state index in [2.05, 4.69) is 51.0 Å². The summed E-state index contributed by atoms with van der Waals surface area (Å²) in [5, 5.41) is 3.11. The van der Waals surface area contributed by atoms with Crippen molar-refractivity contribution < 1.29 is 0 Å². The number of anilines is 1. The zero-order valence-corrected chi connectivity index (χ0v) is 14.3. The average Bonchev–Trinajstić information content (AvgIpc) is 3.14. The van der Waals surface area contributed by atoms with Gasteiger partial charge in [-0.05, 0) is 17.5 Å². The molecule has 0 unspecified atom stereocenters. The minimum absolute atomic E-state index is 0.648. The summed E-state index contributed by atoms with van der Waals surface area (Å²) >= 11 is 1.69. The van der Waals surface area contributed by atoms with Crippen molar-refractivity contribution >= 4 is 22.4 Å². The molecule has 0 saturated carbocycles. The van der Waals surface area contributed by atoms with E-state index in [-0.39, 0.29) is 0 Å². The zero-order valence-electron chi connectivity index (χ0n) is 13.5. The molecule has 1 aliphatic heterocycles. The van der Waals surface area contributed by atoms with Gasteiger partial charge in [0.15, 0.2) is 11.1 Å². The van der Waals surface area contributed by atoms with Crippen LogP contribution in [0.2, 0.25) is 0 Å². The van der Waals surface area contributed by atoms with Crippen LogP contribution in [0, 0.1) is 0 Å². The zero-order chi connectivity index (χ0) is 16.1. The Morgan fingerprint density at radius 3 is 2.61 bits per heavy atom. The molecular weight excluding hydrogens is 306 g/mol. The molecule has 3 rings (SSSR count). The van der Waals surface area contributed by atoms with Gasteiger partial charge in [0.05, 0.1) is 6.54 Å². The van der Waals surface area contributed by atoms with E-state index in [1.54, 1.807) is 11.3 Å². The Balaban J connectivity index is 1.57. The van der Waals surface area contributed by atoms with Gasteiger partial charge < -0.3 is 15.5 Å². The molecule has 122 valence electrons. The van der Waals surface area contributed by atoms with Gasteiger partial charge in [0.2, 0.25) is 0 Å². The Morgan fingerprint density at radius 2 is 1.96 bits per heavy atom. The highest BCUT2D eigenvalue weighted by atomic mass is 32.1. The van der Waals surface area contributed by atoms with Gasteiger partial charge >= 0.3 is 0 Å². The summed E-state index contributed by atoms with van der Waals surface area (Å²) < 4.78 is 0. The second kappa shape index (κ2) is 7.46. The molecule has 0 atom stereocenters. The van der Waals surface area contributed by atoms with E-state index < -0.39 is 0 Å². The Kier molecular flexibility index (Phi) is 5.12. The first-order valence-corrected chi connectivity index (χ1v) is 8.92. The van der Waals surface area contributed by atoms with E-state index in [1.807, 2.05) is 11.6 Å². The maximum Gasteiger partial charge on any atom is 0.191 e. The molecule has 5 nitrogen and oxygen atoms in total. The van der Waals surface area contributed by atoms with Gasteiger partial charge in [0, 0.05) is 37.8 Å². The summed E-state index contributed by atoms with van der Waals surface area (Å²) in [5.41, 5.74) is 8.80. The fraction of sp³-hybridized carbons (Fsp3) is 0.412. The molecular formula is C17H23N5S. The molecule has 0 radical (unpaired) electrons. The maximum atomic E-state index is 6.20. The molecule has 2 N–H and O–H groups in total. The second-order valence-corrected chi connectivity index (χ2v) is 6.46. The molecule has 1 aliphatic rings. The molecule has 0 spiro atoms. The van der Waals surface area contributed by atoms with Crippen molar-refractivity contribution in [3.63, 3.8) is 0 Å². The smallest absolute Gasteiger partial charge is 0.191 e. The highest BCUT2D eigenvalue weighted by Gasteiger charge is 2.19. The molecule has 23 heavy (non-hydrogen) atoms. The fourth-order valence-electron chi connectivity index (χ4n) is 2.82. The normalized spacial score (nSPS) is 16.0. The molecule has 0 aliphatic carbocycles. The van der Waals surface area contributed by atoms with Crippen LogP contribution in [0.5, 0.6) is 0 Å². The van der Waals surface area contributed by atoms with Crippen molar-refractivity contribution in [2.24, 2.45) is 10.7 Å². The molecule has 0 bridgehead atoms. The van der Waals surface area contributed by atoms with Gasteiger partial charge in [-0.1, -0.05) is 31.2 Å². The quantitative estimate of drug-likeness (QED) is 0.691. The van der Waals surface area contributed by atoms with E-state index in [9.17, 15) is 0 Å². The summed E-state index contributed by atoms with van der Waals surface area (Å²) in [4.78, 5) is 13.4.